The van der Waals surface area contributed by atoms with Gasteiger partial charge < -0.3 is 9.64 Å². The summed E-state index contributed by atoms with van der Waals surface area (Å²) in [7, 11) is 1.55. The summed E-state index contributed by atoms with van der Waals surface area (Å²) >= 11 is 9.72. The van der Waals surface area contributed by atoms with Gasteiger partial charge in [0.05, 0.1) is 13.3 Å². The largest absolute Gasteiger partial charge is 0.467 e. The summed E-state index contributed by atoms with van der Waals surface area (Å²) in [5, 5.41) is 0.572. The minimum Gasteiger partial charge on any atom is -0.467 e. The van der Waals surface area contributed by atoms with Gasteiger partial charge in [-0.05, 0) is 12.8 Å². The van der Waals surface area contributed by atoms with Crippen molar-refractivity contribution in [3.05, 3.63) is 11.2 Å². The van der Waals surface area contributed by atoms with Crippen LogP contribution in [0, 0.1) is 0 Å². The number of hydrogen-bond donors (Lipinski definition) is 0. The molecule has 0 spiro atoms. The van der Waals surface area contributed by atoms with E-state index in [9.17, 15) is 0 Å². The molecule has 2 heterocycles. The minimum absolute atomic E-state index is 0.357. The summed E-state index contributed by atoms with van der Waals surface area (Å²) in [4.78, 5) is 10.9. The van der Waals surface area contributed by atoms with Crippen LogP contribution < -0.4 is 9.64 Å². The normalized spacial score (nSPS) is 20.9. The Labute approximate surface area is 108 Å². The van der Waals surface area contributed by atoms with E-state index in [1.54, 1.807) is 13.3 Å². The lowest BCUT2D eigenvalue weighted by atomic mass is 10.1. The molecule has 1 aromatic rings. The van der Waals surface area contributed by atoms with Crippen LogP contribution in [-0.4, -0.2) is 35.0 Å². The molecule has 1 saturated heterocycles. The zero-order valence-corrected chi connectivity index (χ0v) is 11.3. The Hall–Kier alpha value is -0.550. The van der Waals surface area contributed by atoms with Gasteiger partial charge in [0, 0.05) is 17.9 Å². The van der Waals surface area contributed by atoms with E-state index in [1.807, 2.05) is 0 Å². The number of nitrogens with zero attached hydrogens (tertiary/aromatic N) is 3. The Kier molecular flexibility index (Phi) is 3.86. The zero-order valence-electron chi connectivity index (χ0n) is 8.99. The maximum Gasteiger partial charge on any atom is 0.318 e. The fourth-order valence-corrected chi connectivity index (χ4v) is 2.66. The van der Waals surface area contributed by atoms with Crippen molar-refractivity contribution in [3.8, 4) is 6.01 Å². The smallest absolute Gasteiger partial charge is 0.318 e. The summed E-state index contributed by atoms with van der Waals surface area (Å²) in [5.41, 5.74) is 0. The van der Waals surface area contributed by atoms with Gasteiger partial charge in [0.1, 0.15) is 5.02 Å². The highest BCUT2D eigenvalue weighted by Crippen LogP contribution is 2.28. The molecule has 1 unspecified atom stereocenters. The summed E-state index contributed by atoms with van der Waals surface area (Å²) in [6, 6.07) is 0.357. The molecular weight excluding hydrogens is 293 g/mol. The van der Waals surface area contributed by atoms with Crippen molar-refractivity contribution in [2.75, 3.05) is 25.1 Å². The molecule has 1 aliphatic heterocycles. The second kappa shape index (κ2) is 5.19. The quantitative estimate of drug-likeness (QED) is 0.787. The van der Waals surface area contributed by atoms with E-state index in [0.29, 0.717) is 15.9 Å². The molecule has 1 fully saturated rings. The van der Waals surface area contributed by atoms with Crippen molar-refractivity contribution in [2.45, 2.75) is 17.7 Å². The minimum atomic E-state index is 0.357. The van der Waals surface area contributed by atoms with Crippen LogP contribution in [0.4, 0.5) is 5.82 Å². The van der Waals surface area contributed by atoms with Gasteiger partial charge in [-0.3, -0.25) is 0 Å². The van der Waals surface area contributed by atoms with Crippen LogP contribution in [-0.2, 0) is 0 Å². The molecule has 0 saturated carbocycles. The molecule has 1 aromatic heterocycles. The third-order valence-electron chi connectivity index (χ3n) is 2.55. The number of rotatable bonds is 2. The highest BCUT2D eigenvalue weighted by Gasteiger charge is 2.21. The van der Waals surface area contributed by atoms with Gasteiger partial charge in [-0.1, -0.05) is 27.5 Å². The Bertz CT molecular complexity index is 377. The van der Waals surface area contributed by atoms with Gasteiger partial charge >= 0.3 is 6.01 Å². The molecular formula is C10H13BrClN3O. The molecule has 16 heavy (non-hydrogen) atoms. The Morgan fingerprint density at radius 2 is 2.44 bits per heavy atom. The molecule has 88 valence electrons. The van der Waals surface area contributed by atoms with Crippen molar-refractivity contribution in [1.29, 1.82) is 0 Å². The summed E-state index contributed by atoms with van der Waals surface area (Å²) in [6.07, 6.45) is 3.91. The van der Waals surface area contributed by atoms with Gasteiger partial charge in [-0.15, -0.1) is 0 Å². The number of piperidine rings is 1. The molecule has 1 aliphatic rings. The first kappa shape index (κ1) is 11.9. The first-order chi connectivity index (χ1) is 7.70. The van der Waals surface area contributed by atoms with E-state index in [4.69, 9.17) is 16.3 Å². The molecule has 0 N–H and O–H groups in total. The SMILES string of the molecule is COc1ncc(Cl)c(N2CCCC(Br)C2)n1. The number of halogens is 2. The number of anilines is 1. The Morgan fingerprint density at radius 1 is 1.62 bits per heavy atom. The van der Waals surface area contributed by atoms with Gasteiger partial charge in [0.2, 0.25) is 0 Å². The van der Waals surface area contributed by atoms with E-state index in [0.717, 1.165) is 25.3 Å². The lowest BCUT2D eigenvalue weighted by Gasteiger charge is -2.31. The van der Waals surface area contributed by atoms with Crippen molar-refractivity contribution in [2.24, 2.45) is 0 Å². The van der Waals surface area contributed by atoms with Gasteiger partial charge in [0.15, 0.2) is 5.82 Å². The number of ether oxygens (including phenoxy) is 1. The number of hydrogen-bond acceptors (Lipinski definition) is 4. The molecule has 0 amide bonds. The summed E-state index contributed by atoms with van der Waals surface area (Å²) in [6.45, 7) is 1.89. The van der Waals surface area contributed by atoms with Crippen molar-refractivity contribution in [3.63, 3.8) is 0 Å². The van der Waals surface area contributed by atoms with Crippen LogP contribution in [0.15, 0.2) is 6.20 Å². The molecule has 6 heteroatoms. The van der Waals surface area contributed by atoms with Gasteiger partial charge in [-0.25, -0.2) is 4.98 Å². The molecule has 0 aromatic carbocycles. The molecule has 2 rings (SSSR count). The topological polar surface area (TPSA) is 38.2 Å². The first-order valence-electron chi connectivity index (χ1n) is 5.16. The molecule has 0 radical (unpaired) electrons. The zero-order chi connectivity index (χ0) is 11.5. The van der Waals surface area contributed by atoms with Crippen molar-refractivity contribution in [1.82, 2.24) is 9.97 Å². The van der Waals surface area contributed by atoms with E-state index < -0.39 is 0 Å². The third-order valence-corrected chi connectivity index (χ3v) is 3.56. The van der Waals surface area contributed by atoms with Crippen LogP contribution in [0.25, 0.3) is 0 Å². The Morgan fingerprint density at radius 3 is 3.12 bits per heavy atom. The molecule has 1 atom stereocenters. The maximum atomic E-state index is 6.10. The summed E-state index contributed by atoms with van der Waals surface area (Å²) in [5.74, 6) is 0.762. The lowest BCUT2D eigenvalue weighted by Crippen LogP contribution is -2.36. The van der Waals surface area contributed by atoms with Crippen molar-refractivity contribution >= 4 is 33.3 Å². The van der Waals surface area contributed by atoms with E-state index in [-0.39, 0.29) is 0 Å². The Balaban J connectivity index is 2.24. The summed E-state index contributed by atoms with van der Waals surface area (Å²) < 4.78 is 5.01. The average molecular weight is 307 g/mol. The maximum absolute atomic E-state index is 6.10. The average Bonchev–Trinajstić information content (AvgIpc) is 2.30. The second-order valence-corrected chi connectivity index (χ2v) is 5.42. The number of alkyl halides is 1. The number of methoxy groups -OCH3 is 1. The van der Waals surface area contributed by atoms with Gasteiger partial charge in [0.25, 0.3) is 0 Å². The number of aromatic nitrogens is 2. The third kappa shape index (κ3) is 2.58. The molecule has 4 nitrogen and oxygen atoms in total. The highest BCUT2D eigenvalue weighted by atomic mass is 79.9. The van der Waals surface area contributed by atoms with E-state index >= 15 is 0 Å². The second-order valence-electron chi connectivity index (χ2n) is 3.71. The van der Waals surface area contributed by atoms with Crippen LogP contribution in [0.2, 0.25) is 5.02 Å². The highest BCUT2D eigenvalue weighted by molar-refractivity contribution is 9.09. The lowest BCUT2D eigenvalue weighted by molar-refractivity contribution is 0.379. The fraction of sp³-hybridized carbons (Fsp3) is 0.600. The fourth-order valence-electron chi connectivity index (χ4n) is 1.78. The standard InChI is InChI=1S/C10H13BrClN3O/c1-16-10-13-5-8(12)9(14-10)15-4-2-3-7(11)6-15/h5,7H,2-4,6H2,1H3. The van der Waals surface area contributed by atoms with E-state index in [2.05, 4.69) is 30.8 Å². The van der Waals surface area contributed by atoms with Crippen LogP contribution in [0.3, 0.4) is 0 Å². The van der Waals surface area contributed by atoms with Crippen LogP contribution in [0.1, 0.15) is 12.8 Å². The predicted molar refractivity (Wildman–Crippen MR) is 67.8 cm³/mol. The monoisotopic (exact) mass is 305 g/mol. The van der Waals surface area contributed by atoms with Crippen LogP contribution in [0.5, 0.6) is 6.01 Å². The molecule has 0 aliphatic carbocycles. The van der Waals surface area contributed by atoms with Gasteiger partial charge in [-0.2, -0.15) is 4.98 Å². The van der Waals surface area contributed by atoms with Crippen molar-refractivity contribution < 1.29 is 4.74 Å². The first-order valence-corrected chi connectivity index (χ1v) is 6.45. The molecule has 0 bridgehead atoms. The van der Waals surface area contributed by atoms with Crippen LogP contribution >= 0.6 is 27.5 Å². The predicted octanol–water partition coefficient (Wildman–Crippen LogP) is 2.50. The van der Waals surface area contributed by atoms with E-state index in [1.165, 1.54) is 6.42 Å².